The molecule has 2 atom stereocenters. The molecule has 4 saturated carbocycles. The molecule has 5 rings (SSSR count). The van der Waals surface area contributed by atoms with Gasteiger partial charge in [-0.25, -0.2) is 0 Å². The van der Waals surface area contributed by atoms with E-state index in [1.807, 2.05) is 0 Å². The first-order valence-electron chi connectivity index (χ1n) is 7.02. The van der Waals surface area contributed by atoms with Gasteiger partial charge in [0.05, 0.1) is 0 Å². The predicted octanol–water partition coefficient (Wildman–Crippen LogP) is 5.33. The zero-order valence-corrected chi connectivity index (χ0v) is 12.8. The van der Waals surface area contributed by atoms with Crippen LogP contribution in [0.3, 0.4) is 0 Å². The second kappa shape index (κ2) is 3.76. The fourth-order valence-electron chi connectivity index (χ4n) is 5.29. The van der Waals surface area contributed by atoms with Gasteiger partial charge in [-0.3, -0.25) is 0 Å². The van der Waals surface area contributed by atoms with Gasteiger partial charge in [-0.15, -0.1) is 0 Å². The predicted molar refractivity (Wildman–Crippen MR) is 79.5 cm³/mol. The minimum absolute atomic E-state index is 0.441. The molecule has 1 aromatic carbocycles. The number of hydrogen-bond acceptors (Lipinski definition) is 0. The van der Waals surface area contributed by atoms with Crippen LogP contribution in [0.1, 0.15) is 44.1 Å². The third kappa shape index (κ3) is 1.70. The summed E-state index contributed by atoms with van der Waals surface area (Å²) in [6, 6.07) is 8.67. The molecule has 4 aliphatic rings. The normalized spacial score (nSPS) is 45.4. The Labute approximate surface area is 122 Å². The van der Waals surface area contributed by atoms with E-state index in [1.165, 1.54) is 44.1 Å². The fraction of sp³-hybridized carbons (Fsp3) is 0.625. The van der Waals surface area contributed by atoms with Crippen molar-refractivity contribution in [2.75, 3.05) is 0 Å². The van der Waals surface area contributed by atoms with Gasteiger partial charge in [0.15, 0.2) is 0 Å². The molecule has 2 unspecified atom stereocenters. The first kappa shape index (κ1) is 11.8. The van der Waals surface area contributed by atoms with E-state index >= 15 is 0 Å². The zero-order valence-electron chi connectivity index (χ0n) is 10.5. The lowest BCUT2D eigenvalue weighted by Gasteiger charge is -2.60. The molecule has 4 fully saturated rings. The van der Waals surface area contributed by atoms with Crippen LogP contribution in [-0.4, -0.2) is 4.32 Å². The monoisotopic (exact) mass is 324 g/mol. The zero-order chi connectivity index (χ0) is 12.4. The molecule has 0 aromatic heterocycles. The van der Waals surface area contributed by atoms with Gasteiger partial charge in [0.2, 0.25) is 0 Å². The van der Waals surface area contributed by atoms with Crippen LogP contribution in [0.5, 0.6) is 0 Å². The van der Waals surface area contributed by atoms with Crippen molar-refractivity contribution in [2.45, 2.75) is 48.3 Å². The molecule has 0 amide bonds. The highest BCUT2D eigenvalue weighted by molar-refractivity contribution is 9.10. The Balaban J connectivity index is 1.77. The van der Waals surface area contributed by atoms with Crippen LogP contribution in [0.15, 0.2) is 24.3 Å². The summed E-state index contributed by atoms with van der Waals surface area (Å²) in [5, 5.41) is 0.858. The number of hydrogen-bond donors (Lipinski definition) is 0. The van der Waals surface area contributed by atoms with E-state index in [2.05, 4.69) is 40.2 Å². The third-order valence-electron chi connectivity index (χ3n) is 5.45. The summed E-state index contributed by atoms with van der Waals surface area (Å²) >= 11 is 10.1. The van der Waals surface area contributed by atoms with Gasteiger partial charge in [-0.05, 0) is 73.5 Å². The van der Waals surface area contributed by atoms with Gasteiger partial charge in [-0.2, -0.15) is 0 Å². The SMILES string of the molecule is Clc1ccc(C23CC4CC(CC(Br)(C4)C2)C3)cc1. The van der Waals surface area contributed by atoms with Gasteiger partial charge < -0.3 is 0 Å². The lowest BCUT2D eigenvalue weighted by atomic mass is 9.48. The summed E-state index contributed by atoms with van der Waals surface area (Å²) in [6.07, 6.45) is 8.41. The first-order chi connectivity index (χ1) is 8.57. The van der Waals surface area contributed by atoms with Crippen LogP contribution in [0.4, 0.5) is 0 Å². The Kier molecular flexibility index (Phi) is 2.46. The molecule has 2 heteroatoms. The van der Waals surface area contributed by atoms with Crippen molar-refractivity contribution in [1.29, 1.82) is 0 Å². The van der Waals surface area contributed by atoms with Crippen molar-refractivity contribution in [1.82, 2.24) is 0 Å². The quantitative estimate of drug-likeness (QED) is 0.613. The highest BCUT2D eigenvalue weighted by Gasteiger charge is 2.57. The summed E-state index contributed by atoms with van der Waals surface area (Å²) in [4.78, 5) is 0. The Bertz CT molecular complexity index is 464. The van der Waals surface area contributed by atoms with E-state index < -0.39 is 0 Å². The van der Waals surface area contributed by atoms with Crippen molar-refractivity contribution >= 4 is 27.5 Å². The average Bonchev–Trinajstić information content (AvgIpc) is 2.26. The molecule has 0 N–H and O–H groups in total. The molecule has 0 heterocycles. The summed E-state index contributed by atoms with van der Waals surface area (Å²) in [6.45, 7) is 0. The van der Waals surface area contributed by atoms with E-state index in [0.29, 0.717) is 9.74 Å². The van der Waals surface area contributed by atoms with Gasteiger partial charge in [0.1, 0.15) is 0 Å². The molecule has 0 radical (unpaired) electrons. The number of alkyl halides is 1. The number of halogens is 2. The fourth-order valence-corrected chi connectivity index (χ4v) is 6.87. The van der Waals surface area contributed by atoms with Gasteiger partial charge in [0.25, 0.3) is 0 Å². The van der Waals surface area contributed by atoms with E-state index in [0.717, 1.165) is 16.9 Å². The van der Waals surface area contributed by atoms with Crippen LogP contribution in [-0.2, 0) is 5.41 Å². The molecule has 1 aromatic rings. The first-order valence-corrected chi connectivity index (χ1v) is 8.19. The second-order valence-corrected chi connectivity index (χ2v) is 9.02. The van der Waals surface area contributed by atoms with Crippen molar-refractivity contribution < 1.29 is 0 Å². The van der Waals surface area contributed by atoms with Crippen LogP contribution in [0.25, 0.3) is 0 Å². The number of benzene rings is 1. The lowest BCUT2D eigenvalue weighted by Crippen LogP contribution is -2.54. The minimum atomic E-state index is 0.441. The van der Waals surface area contributed by atoms with Crippen LogP contribution in [0.2, 0.25) is 5.02 Å². The Morgan fingerprint density at radius 1 is 1.00 bits per heavy atom. The van der Waals surface area contributed by atoms with Crippen molar-refractivity contribution in [2.24, 2.45) is 11.8 Å². The molecule has 0 saturated heterocycles. The summed E-state index contributed by atoms with van der Waals surface area (Å²) in [7, 11) is 0. The second-order valence-electron chi connectivity index (χ2n) is 6.90. The topological polar surface area (TPSA) is 0 Å². The average molecular weight is 326 g/mol. The van der Waals surface area contributed by atoms with E-state index in [-0.39, 0.29) is 0 Å². The highest BCUT2D eigenvalue weighted by Crippen LogP contribution is 2.64. The summed E-state index contributed by atoms with van der Waals surface area (Å²) in [5.74, 6) is 1.89. The summed E-state index contributed by atoms with van der Waals surface area (Å²) in [5.41, 5.74) is 1.97. The van der Waals surface area contributed by atoms with E-state index in [4.69, 9.17) is 11.6 Å². The standard InChI is InChI=1S/C16H18BrCl/c17-16-8-11-5-12(9-16)7-15(6-11,10-16)13-1-3-14(18)4-2-13/h1-4,11-12H,5-10H2. The maximum absolute atomic E-state index is 6.04. The van der Waals surface area contributed by atoms with E-state index in [9.17, 15) is 0 Å². The van der Waals surface area contributed by atoms with Crippen molar-refractivity contribution in [3.05, 3.63) is 34.9 Å². The van der Waals surface area contributed by atoms with Crippen LogP contribution < -0.4 is 0 Å². The van der Waals surface area contributed by atoms with Crippen molar-refractivity contribution in [3.8, 4) is 0 Å². The Morgan fingerprint density at radius 2 is 1.61 bits per heavy atom. The minimum Gasteiger partial charge on any atom is -0.0853 e. The molecule has 0 aliphatic heterocycles. The Hall–Kier alpha value is -0.0100. The number of rotatable bonds is 1. The summed E-state index contributed by atoms with van der Waals surface area (Å²) < 4.78 is 0.441. The van der Waals surface area contributed by atoms with E-state index in [1.54, 1.807) is 0 Å². The van der Waals surface area contributed by atoms with Gasteiger partial charge in [-0.1, -0.05) is 39.7 Å². The smallest absolute Gasteiger partial charge is 0.0406 e. The molecular formula is C16H18BrCl. The molecule has 4 aliphatic carbocycles. The molecular weight excluding hydrogens is 308 g/mol. The Morgan fingerprint density at radius 3 is 2.17 bits per heavy atom. The maximum Gasteiger partial charge on any atom is 0.0406 e. The van der Waals surface area contributed by atoms with Crippen molar-refractivity contribution in [3.63, 3.8) is 0 Å². The molecule has 18 heavy (non-hydrogen) atoms. The lowest BCUT2D eigenvalue weighted by molar-refractivity contribution is 0.0149. The molecule has 4 bridgehead atoms. The highest BCUT2D eigenvalue weighted by atomic mass is 79.9. The largest absolute Gasteiger partial charge is 0.0853 e. The maximum atomic E-state index is 6.04. The molecule has 0 spiro atoms. The van der Waals surface area contributed by atoms with Crippen LogP contribution >= 0.6 is 27.5 Å². The van der Waals surface area contributed by atoms with Crippen LogP contribution in [0, 0.1) is 11.8 Å². The third-order valence-corrected chi connectivity index (χ3v) is 6.63. The molecule has 96 valence electrons. The molecule has 0 nitrogen and oxygen atoms in total. The van der Waals surface area contributed by atoms with Gasteiger partial charge in [0, 0.05) is 9.35 Å². The van der Waals surface area contributed by atoms with Gasteiger partial charge >= 0.3 is 0 Å².